The third-order valence-corrected chi connectivity index (χ3v) is 7.32. The molecule has 3 amide bonds. The molecule has 2 unspecified atom stereocenters. The first-order valence-corrected chi connectivity index (χ1v) is 18.4. The van der Waals surface area contributed by atoms with Gasteiger partial charge in [0.2, 0.25) is 0 Å². The van der Waals surface area contributed by atoms with Gasteiger partial charge in [-0.3, -0.25) is 4.79 Å². The summed E-state index contributed by atoms with van der Waals surface area (Å²) in [5.41, 5.74) is 8.71. The number of hydrogen-bond donors (Lipinski definition) is 4. The third-order valence-electron chi connectivity index (χ3n) is 7.32. The number of ether oxygens (including phenoxy) is 4. The standard InChI is InChI=1S/C37H73N5O8/c1-33(2,3)47-29(43)37(39,22-16-18-24-40-30(44)48-34(4,5)6)28(21-15-13-14-17-23-38)27-42(32(46)50-36(10,11)12)26-20-19-25-41-31(45)49-35(7,8)9/h28H,13-27,38-39H2,1-12H3,(H,40,44)(H,41,45). The summed E-state index contributed by atoms with van der Waals surface area (Å²) < 4.78 is 22.4. The number of nitrogens with one attached hydrogen (secondary N) is 2. The fourth-order valence-corrected chi connectivity index (χ4v) is 5.08. The molecule has 0 heterocycles. The predicted octanol–water partition coefficient (Wildman–Crippen LogP) is 6.79. The van der Waals surface area contributed by atoms with E-state index in [-0.39, 0.29) is 13.0 Å². The molecule has 0 spiro atoms. The molecule has 0 rings (SSSR count). The molecule has 13 heteroatoms. The van der Waals surface area contributed by atoms with Crippen molar-refractivity contribution in [2.75, 3.05) is 32.7 Å². The second-order valence-corrected chi connectivity index (χ2v) is 17.2. The second kappa shape index (κ2) is 21.5. The molecule has 0 aliphatic heterocycles. The molecule has 2 atom stereocenters. The van der Waals surface area contributed by atoms with Crippen molar-refractivity contribution in [1.82, 2.24) is 15.5 Å². The summed E-state index contributed by atoms with van der Waals surface area (Å²) in [4.78, 5) is 53.5. The molecule has 0 radical (unpaired) electrons. The number of nitrogens with zero attached hydrogens (tertiary/aromatic N) is 1. The van der Waals surface area contributed by atoms with Crippen LogP contribution in [-0.2, 0) is 23.7 Å². The summed E-state index contributed by atoms with van der Waals surface area (Å²) in [6.45, 7) is 23.5. The van der Waals surface area contributed by atoms with Crippen LogP contribution in [0, 0.1) is 5.92 Å². The quantitative estimate of drug-likeness (QED) is 0.0595. The van der Waals surface area contributed by atoms with Gasteiger partial charge < -0.3 is 45.9 Å². The molecule has 0 aromatic heterocycles. The van der Waals surface area contributed by atoms with E-state index in [2.05, 4.69) is 10.6 Å². The maximum Gasteiger partial charge on any atom is 0.410 e. The third kappa shape index (κ3) is 23.6. The van der Waals surface area contributed by atoms with Gasteiger partial charge in [0.15, 0.2) is 0 Å². The van der Waals surface area contributed by atoms with Crippen LogP contribution in [0.5, 0.6) is 0 Å². The van der Waals surface area contributed by atoms with Crippen molar-refractivity contribution in [3.05, 3.63) is 0 Å². The summed E-state index contributed by atoms with van der Waals surface area (Å²) in [5, 5.41) is 5.52. The molecule has 0 saturated heterocycles. The lowest BCUT2D eigenvalue weighted by Gasteiger charge is -2.40. The maximum atomic E-state index is 14.0. The topological polar surface area (TPSA) is 185 Å². The number of hydrogen-bond acceptors (Lipinski definition) is 10. The van der Waals surface area contributed by atoms with Crippen molar-refractivity contribution < 1.29 is 38.1 Å². The molecule has 294 valence electrons. The Morgan fingerprint density at radius 3 is 1.52 bits per heavy atom. The van der Waals surface area contributed by atoms with E-state index in [1.165, 1.54) is 0 Å². The lowest BCUT2D eigenvalue weighted by Crippen LogP contribution is -2.59. The largest absolute Gasteiger partial charge is 0.459 e. The van der Waals surface area contributed by atoms with Gasteiger partial charge in [-0.15, -0.1) is 0 Å². The van der Waals surface area contributed by atoms with Crippen LogP contribution in [0.1, 0.15) is 147 Å². The molecule has 0 aromatic rings. The average molecular weight is 716 g/mol. The number of amides is 3. The van der Waals surface area contributed by atoms with Crippen LogP contribution in [-0.4, -0.2) is 89.8 Å². The van der Waals surface area contributed by atoms with Crippen LogP contribution in [0.15, 0.2) is 0 Å². The van der Waals surface area contributed by atoms with Crippen molar-refractivity contribution >= 4 is 24.2 Å². The smallest absolute Gasteiger partial charge is 0.410 e. The number of carbonyl (C=O) groups is 4. The van der Waals surface area contributed by atoms with Gasteiger partial charge in [0.05, 0.1) is 0 Å². The van der Waals surface area contributed by atoms with Gasteiger partial charge in [-0.25, -0.2) is 14.4 Å². The summed E-state index contributed by atoms with van der Waals surface area (Å²) >= 11 is 0. The molecular weight excluding hydrogens is 642 g/mol. The van der Waals surface area contributed by atoms with Crippen molar-refractivity contribution in [3.8, 4) is 0 Å². The number of alkyl carbamates (subject to hydrolysis) is 2. The van der Waals surface area contributed by atoms with E-state index >= 15 is 0 Å². The molecule has 0 fully saturated rings. The zero-order chi connectivity index (χ0) is 38.8. The highest BCUT2D eigenvalue weighted by molar-refractivity contribution is 5.81. The lowest BCUT2D eigenvalue weighted by atomic mass is 9.77. The molecular formula is C37H73N5O8. The second-order valence-electron chi connectivity index (χ2n) is 17.2. The molecule has 0 aliphatic rings. The van der Waals surface area contributed by atoms with Gasteiger partial charge in [0.25, 0.3) is 0 Å². The fourth-order valence-electron chi connectivity index (χ4n) is 5.08. The first-order valence-electron chi connectivity index (χ1n) is 18.4. The summed E-state index contributed by atoms with van der Waals surface area (Å²) in [6.07, 6.45) is 5.14. The number of unbranched alkanes of at least 4 members (excludes halogenated alkanes) is 5. The zero-order valence-corrected chi connectivity index (χ0v) is 33.6. The summed E-state index contributed by atoms with van der Waals surface area (Å²) in [5.74, 6) is -0.982. The Hall–Kier alpha value is -2.80. The van der Waals surface area contributed by atoms with Crippen LogP contribution in [0.25, 0.3) is 0 Å². The van der Waals surface area contributed by atoms with Crippen LogP contribution in [0.4, 0.5) is 14.4 Å². The van der Waals surface area contributed by atoms with E-state index in [0.717, 1.165) is 25.7 Å². The molecule has 6 N–H and O–H groups in total. The Kier molecular flexibility index (Phi) is 20.3. The van der Waals surface area contributed by atoms with Crippen molar-refractivity contribution in [3.63, 3.8) is 0 Å². The van der Waals surface area contributed by atoms with Crippen LogP contribution < -0.4 is 22.1 Å². The van der Waals surface area contributed by atoms with Crippen molar-refractivity contribution in [1.29, 1.82) is 0 Å². The summed E-state index contributed by atoms with van der Waals surface area (Å²) in [7, 11) is 0. The summed E-state index contributed by atoms with van der Waals surface area (Å²) in [6, 6.07) is 0. The fraction of sp³-hybridized carbons (Fsp3) is 0.892. The minimum absolute atomic E-state index is 0.178. The Morgan fingerprint density at radius 2 is 1.06 bits per heavy atom. The van der Waals surface area contributed by atoms with Crippen LogP contribution >= 0.6 is 0 Å². The van der Waals surface area contributed by atoms with Gasteiger partial charge in [0, 0.05) is 32.1 Å². The van der Waals surface area contributed by atoms with Gasteiger partial charge in [-0.1, -0.05) is 19.3 Å². The SMILES string of the molecule is CC(C)(C)OC(=O)NCCCCN(CC(CCCCCCN)C(N)(CCCCNC(=O)OC(C)(C)C)C(=O)OC(C)(C)C)C(=O)OC(C)(C)C. The number of esters is 1. The van der Waals surface area contributed by atoms with E-state index < -0.39 is 58.1 Å². The van der Waals surface area contributed by atoms with E-state index in [9.17, 15) is 19.2 Å². The van der Waals surface area contributed by atoms with Crippen LogP contribution in [0.2, 0.25) is 0 Å². The maximum absolute atomic E-state index is 14.0. The first-order chi connectivity index (χ1) is 22.8. The van der Waals surface area contributed by atoms with E-state index in [1.807, 2.05) is 20.8 Å². The van der Waals surface area contributed by atoms with E-state index in [4.69, 9.17) is 30.4 Å². The molecule has 0 bridgehead atoms. The van der Waals surface area contributed by atoms with Gasteiger partial charge in [-0.2, -0.15) is 0 Å². The Bertz CT molecular complexity index is 1030. The Labute approximate surface area is 303 Å². The zero-order valence-electron chi connectivity index (χ0n) is 33.6. The van der Waals surface area contributed by atoms with E-state index in [1.54, 1.807) is 67.2 Å². The van der Waals surface area contributed by atoms with Crippen molar-refractivity contribution in [2.24, 2.45) is 17.4 Å². The monoisotopic (exact) mass is 716 g/mol. The lowest BCUT2D eigenvalue weighted by molar-refractivity contribution is -0.165. The number of nitrogens with two attached hydrogens (primary N) is 2. The predicted molar refractivity (Wildman–Crippen MR) is 198 cm³/mol. The normalized spacial score (nSPS) is 14.2. The van der Waals surface area contributed by atoms with Gasteiger partial charge in [-0.05, 0) is 135 Å². The van der Waals surface area contributed by atoms with Crippen molar-refractivity contribution in [2.45, 2.75) is 175 Å². The average Bonchev–Trinajstić information content (AvgIpc) is 2.91. The highest BCUT2D eigenvalue weighted by Gasteiger charge is 2.45. The molecule has 0 saturated carbocycles. The van der Waals surface area contributed by atoms with Gasteiger partial charge in [0.1, 0.15) is 27.9 Å². The minimum Gasteiger partial charge on any atom is -0.459 e. The van der Waals surface area contributed by atoms with E-state index in [0.29, 0.717) is 58.3 Å². The molecule has 13 nitrogen and oxygen atoms in total. The molecule has 50 heavy (non-hydrogen) atoms. The highest BCUT2D eigenvalue weighted by atomic mass is 16.6. The van der Waals surface area contributed by atoms with Crippen LogP contribution in [0.3, 0.4) is 0 Å². The molecule has 0 aromatic carbocycles. The highest BCUT2D eigenvalue weighted by Crippen LogP contribution is 2.31. The molecule has 0 aliphatic carbocycles. The van der Waals surface area contributed by atoms with Gasteiger partial charge >= 0.3 is 24.2 Å². The Balaban J connectivity index is 6.18. The minimum atomic E-state index is -1.43. The number of rotatable bonds is 20. The Morgan fingerprint density at radius 1 is 0.600 bits per heavy atom. The number of carbonyl (C=O) groups excluding carboxylic acids is 4. The first kappa shape index (κ1) is 47.2.